The Morgan fingerprint density at radius 1 is 1.29 bits per heavy atom. The minimum Gasteiger partial charge on any atom is -0.486 e. The molecule has 31 heavy (non-hydrogen) atoms. The van der Waals surface area contributed by atoms with Gasteiger partial charge in [-0.3, -0.25) is 0 Å². The number of benzene rings is 2. The summed E-state index contributed by atoms with van der Waals surface area (Å²) in [6, 6.07) is 6.66. The van der Waals surface area contributed by atoms with E-state index in [1.54, 1.807) is 12.1 Å². The fourth-order valence-electron chi connectivity index (χ4n) is 3.54. The number of ether oxygens (including phenoxy) is 1. The maximum atomic E-state index is 14.2. The van der Waals surface area contributed by atoms with Crippen molar-refractivity contribution < 1.29 is 36.3 Å². The Balaban J connectivity index is 1.49. The average Bonchev–Trinajstić information content (AvgIpc) is 2.68. The van der Waals surface area contributed by atoms with Gasteiger partial charge >= 0.3 is 10.1 Å². The van der Waals surface area contributed by atoms with E-state index < -0.39 is 40.1 Å². The number of piperidine rings is 1. The molecule has 2 aromatic carbocycles. The second-order valence-corrected chi connectivity index (χ2v) is 9.24. The quantitative estimate of drug-likeness (QED) is 0.659. The van der Waals surface area contributed by atoms with Crippen LogP contribution < -0.4 is 13.8 Å². The van der Waals surface area contributed by atoms with Crippen molar-refractivity contribution in [2.45, 2.75) is 18.1 Å². The van der Waals surface area contributed by atoms with Crippen LogP contribution in [0.1, 0.15) is 12.0 Å². The minimum atomic E-state index is -3.90. The van der Waals surface area contributed by atoms with E-state index >= 15 is 0 Å². The number of nitrogens with zero attached hydrogens (tertiary/aromatic N) is 1. The maximum absolute atomic E-state index is 14.2. The van der Waals surface area contributed by atoms with Gasteiger partial charge in [-0.25, -0.2) is 8.78 Å². The molecule has 0 unspecified atom stereocenters. The highest BCUT2D eigenvalue weighted by atomic mass is 35.5. The summed E-state index contributed by atoms with van der Waals surface area (Å²) in [5.41, 5.74) is -1.60. The number of halogens is 3. The lowest BCUT2D eigenvalue weighted by molar-refractivity contribution is -0.109. The molecule has 166 valence electrons. The number of hydrogen-bond acceptors (Lipinski definition) is 7. The van der Waals surface area contributed by atoms with Crippen LogP contribution in [0.5, 0.6) is 11.5 Å². The molecule has 7 nitrogen and oxygen atoms in total. The summed E-state index contributed by atoms with van der Waals surface area (Å²) < 4.78 is 62.4. The Kier molecular flexibility index (Phi) is 5.59. The summed E-state index contributed by atoms with van der Waals surface area (Å²) in [4.78, 5) is 1.28. The largest absolute Gasteiger partial charge is 0.486 e. The molecule has 1 saturated heterocycles. The average molecular weight is 474 g/mol. The van der Waals surface area contributed by atoms with Crippen LogP contribution in [0, 0.1) is 11.6 Å². The third-order valence-electron chi connectivity index (χ3n) is 5.23. The van der Waals surface area contributed by atoms with Crippen LogP contribution in [0.3, 0.4) is 0 Å². The van der Waals surface area contributed by atoms with E-state index in [2.05, 4.69) is 0 Å². The van der Waals surface area contributed by atoms with Gasteiger partial charge in [0.15, 0.2) is 23.1 Å². The van der Waals surface area contributed by atoms with Crippen LogP contribution in [0.4, 0.5) is 14.5 Å². The zero-order valence-electron chi connectivity index (χ0n) is 16.0. The first-order valence-electron chi connectivity index (χ1n) is 9.26. The minimum absolute atomic E-state index is 0.0224. The van der Waals surface area contributed by atoms with Crippen molar-refractivity contribution in [2.75, 3.05) is 24.6 Å². The molecule has 0 radical (unpaired) electrons. The van der Waals surface area contributed by atoms with Crippen LogP contribution in [0.15, 0.2) is 35.7 Å². The van der Waals surface area contributed by atoms with Gasteiger partial charge < -0.3 is 24.0 Å². The first-order valence-corrected chi connectivity index (χ1v) is 11.1. The van der Waals surface area contributed by atoms with Crippen molar-refractivity contribution in [3.8, 4) is 11.5 Å². The smallest absolute Gasteiger partial charge is 0.332 e. The van der Waals surface area contributed by atoms with E-state index in [4.69, 9.17) is 20.5 Å². The summed E-state index contributed by atoms with van der Waals surface area (Å²) in [6.07, 6.45) is -0.109. The molecule has 2 N–H and O–H groups in total. The Morgan fingerprint density at radius 2 is 2.00 bits per heavy atom. The number of aliphatic hydroxyl groups excluding tert-OH is 1. The Morgan fingerprint density at radius 3 is 2.68 bits per heavy atom. The lowest BCUT2D eigenvalue weighted by Crippen LogP contribution is -2.58. The second-order valence-electron chi connectivity index (χ2n) is 7.38. The Hall–Kier alpha value is -2.40. The fraction of sp³-hybridized carbons (Fsp3) is 0.300. The second kappa shape index (κ2) is 7.94. The summed E-state index contributed by atoms with van der Waals surface area (Å²) >= 11 is 5.65. The van der Waals surface area contributed by atoms with E-state index in [-0.39, 0.29) is 41.7 Å². The highest BCUT2D eigenvalue weighted by molar-refractivity contribution is 7.90. The van der Waals surface area contributed by atoms with Crippen LogP contribution in [0.2, 0.25) is 5.02 Å². The molecule has 2 aliphatic heterocycles. The van der Waals surface area contributed by atoms with Gasteiger partial charge in [0.2, 0.25) is 0 Å². The summed E-state index contributed by atoms with van der Waals surface area (Å²) in [6.45, 7) is -0.611. The number of aliphatic hydroxyl groups is 2. The summed E-state index contributed by atoms with van der Waals surface area (Å²) in [7, 11) is -3.90. The maximum Gasteiger partial charge on any atom is 0.332 e. The van der Waals surface area contributed by atoms with Crippen molar-refractivity contribution in [2.24, 2.45) is 0 Å². The molecule has 0 aromatic heterocycles. The fourth-order valence-corrected chi connectivity index (χ4v) is 4.51. The number of hydrogen-bond donors (Lipinski definition) is 2. The third-order valence-corrected chi connectivity index (χ3v) is 6.31. The molecule has 4 rings (SSSR count). The highest BCUT2D eigenvalue weighted by Crippen LogP contribution is 2.38. The van der Waals surface area contributed by atoms with Crippen molar-refractivity contribution in [3.05, 3.63) is 58.0 Å². The molecule has 2 atom stereocenters. The molecule has 0 saturated carbocycles. The molecular weight excluding hydrogens is 456 g/mol. The molecule has 0 amide bonds. The van der Waals surface area contributed by atoms with Gasteiger partial charge in [0, 0.05) is 23.7 Å². The van der Waals surface area contributed by atoms with Gasteiger partial charge in [-0.2, -0.15) is 8.42 Å². The van der Waals surface area contributed by atoms with Gasteiger partial charge in [0.25, 0.3) is 0 Å². The molecule has 2 aromatic rings. The molecule has 0 aliphatic carbocycles. The predicted molar refractivity (Wildman–Crippen MR) is 110 cm³/mol. The van der Waals surface area contributed by atoms with Crippen molar-refractivity contribution >= 4 is 33.5 Å². The van der Waals surface area contributed by atoms with Crippen molar-refractivity contribution in [1.29, 1.82) is 0 Å². The van der Waals surface area contributed by atoms with Gasteiger partial charge in [-0.1, -0.05) is 23.7 Å². The summed E-state index contributed by atoms with van der Waals surface area (Å²) in [5.74, 6) is -1.70. The van der Waals surface area contributed by atoms with Crippen molar-refractivity contribution in [1.82, 2.24) is 0 Å². The third kappa shape index (κ3) is 4.33. The monoisotopic (exact) mass is 473 g/mol. The van der Waals surface area contributed by atoms with Gasteiger partial charge in [0.1, 0.15) is 24.0 Å². The topological polar surface area (TPSA) is 96.3 Å². The summed E-state index contributed by atoms with van der Waals surface area (Å²) in [5, 5.41) is 22.2. The predicted octanol–water partition coefficient (Wildman–Crippen LogP) is 2.69. The number of para-hydroxylation sites is 1. The number of rotatable bonds is 4. The zero-order valence-corrected chi connectivity index (χ0v) is 17.5. The van der Waals surface area contributed by atoms with E-state index in [0.717, 1.165) is 17.5 Å². The molecular formula is C20H18ClF2NO6S. The number of β-amino-alcohol motifs (C(OH)–C–C–N with tert-alkyl or cyclic N) is 1. The van der Waals surface area contributed by atoms with E-state index in [1.165, 1.54) is 17.0 Å². The standard InChI is InChI=1S/C20H18ClF2NO6S/c21-13-8-14(22)18(15(23)9-13)24-6-5-20(26,17(25)10-24)11-29-16-3-1-2-12-4-7-31(27,28)30-19(12)16/h1-4,7-9,17,25-26H,5-6,10-11H2/t17-,20-/m1/s1. The van der Waals surface area contributed by atoms with Gasteiger partial charge in [-0.05, 0) is 30.7 Å². The van der Waals surface area contributed by atoms with E-state index in [0.29, 0.717) is 5.56 Å². The zero-order chi connectivity index (χ0) is 22.4. The lowest BCUT2D eigenvalue weighted by atomic mass is 9.89. The first-order chi connectivity index (χ1) is 14.6. The van der Waals surface area contributed by atoms with Crippen LogP contribution >= 0.6 is 11.6 Å². The van der Waals surface area contributed by atoms with Crippen LogP contribution in [-0.4, -0.2) is 50.0 Å². The SMILES string of the molecule is O=S1(=O)C=Cc2cccc(OC[C@]3(O)CCN(c4c(F)cc(Cl)cc4F)C[C@H]3O)c2O1. The molecule has 2 aliphatic rings. The number of fused-ring (bicyclic) bond motifs is 1. The Bertz CT molecular complexity index is 1140. The van der Waals surface area contributed by atoms with Crippen LogP contribution in [0.25, 0.3) is 6.08 Å². The van der Waals surface area contributed by atoms with Gasteiger partial charge in [0.05, 0.1) is 5.41 Å². The van der Waals surface area contributed by atoms with Crippen LogP contribution in [-0.2, 0) is 10.1 Å². The van der Waals surface area contributed by atoms with E-state index in [9.17, 15) is 27.4 Å². The first kappa shape index (κ1) is 21.8. The van der Waals surface area contributed by atoms with Crippen molar-refractivity contribution in [3.63, 3.8) is 0 Å². The Labute approximate surface area is 182 Å². The molecule has 0 spiro atoms. The van der Waals surface area contributed by atoms with Gasteiger partial charge in [-0.15, -0.1) is 0 Å². The molecule has 0 bridgehead atoms. The molecule has 2 heterocycles. The molecule has 1 fully saturated rings. The normalized spacial score (nSPS) is 24.4. The van der Waals surface area contributed by atoms with E-state index in [1.807, 2.05) is 0 Å². The highest BCUT2D eigenvalue weighted by Gasteiger charge is 2.43. The number of anilines is 1. The lowest BCUT2D eigenvalue weighted by Gasteiger charge is -2.42. The molecule has 11 heteroatoms.